The molecular formula is C15H14ClNO3S3. The highest BCUT2D eigenvalue weighted by molar-refractivity contribution is 8.26. The van der Waals surface area contributed by atoms with Crippen molar-refractivity contribution in [2.45, 2.75) is 12.5 Å². The van der Waals surface area contributed by atoms with Gasteiger partial charge in [0.1, 0.15) is 10.4 Å². The first kappa shape index (κ1) is 18.3. The van der Waals surface area contributed by atoms with E-state index in [1.165, 1.54) is 16.7 Å². The van der Waals surface area contributed by atoms with Crippen LogP contribution in [0, 0.1) is 0 Å². The third-order valence-electron chi connectivity index (χ3n) is 3.21. The van der Waals surface area contributed by atoms with Gasteiger partial charge in [-0.15, -0.1) is 0 Å². The number of thioether (sulfide) groups is 2. The molecule has 1 aromatic carbocycles. The summed E-state index contributed by atoms with van der Waals surface area (Å²) < 4.78 is 0.266. The second-order valence-corrected chi connectivity index (χ2v) is 7.78. The highest BCUT2D eigenvalue weighted by Gasteiger charge is 2.40. The van der Waals surface area contributed by atoms with E-state index in [9.17, 15) is 14.7 Å². The van der Waals surface area contributed by atoms with Crippen LogP contribution in [0.4, 0.5) is 0 Å². The van der Waals surface area contributed by atoms with Crippen LogP contribution in [0.5, 0.6) is 0 Å². The first-order valence-corrected chi connectivity index (χ1v) is 9.68. The normalized spacial score (nSPS) is 17.8. The Hall–Kier alpha value is -1.02. The van der Waals surface area contributed by atoms with Crippen LogP contribution >= 0.6 is 47.3 Å². The number of aliphatic carboxylic acids is 1. The summed E-state index contributed by atoms with van der Waals surface area (Å²) in [7, 11) is 0. The number of carboxylic acid groups (broad SMARTS) is 1. The quantitative estimate of drug-likeness (QED) is 0.592. The van der Waals surface area contributed by atoms with E-state index in [0.717, 1.165) is 11.8 Å². The summed E-state index contributed by atoms with van der Waals surface area (Å²) in [6, 6.07) is 6.20. The highest BCUT2D eigenvalue weighted by atomic mass is 35.5. The predicted molar refractivity (Wildman–Crippen MR) is 101 cm³/mol. The molecule has 1 saturated heterocycles. The maximum Gasteiger partial charge on any atom is 0.326 e. The summed E-state index contributed by atoms with van der Waals surface area (Å²) in [6.07, 6.45) is 3.89. The van der Waals surface area contributed by atoms with Crippen LogP contribution in [0.2, 0.25) is 5.02 Å². The number of carbonyl (C=O) groups excluding carboxylic acids is 1. The minimum Gasteiger partial charge on any atom is -0.480 e. The maximum absolute atomic E-state index is 12.6. The average Bonchev–Trinajstić information content (AvgIpc) is 2.77. The second-order valence-electron chi connectivity index (χ2n) is 4.71. The van der Waals surface area contributed by atoms with Crippen LogP contribution < -0.4 is 0 Å². The predicted octanol–water partition coefficient (Wildman–Crippen LogP) is 3.75. The molecule has 0 unspecified atom stereocenters. The van der Waals surface area contributed by atoms with Gasteiger partial charge in [0.25, 0.3) is 5.91 Å². The minimum absolute atomic E-state index is 0.266. The Morgan fingerprint density at radius 1 is 1.52 bits per heavy atom. The van der Waals surface area contributed by atoms with E-state index in [-0.39, 0.29) is 10.2 Å². The molecule has 23 heavy (non-hydrogen) atoms. The summed E-state index contributed by atoms with van der Waals surface area (Å²) in [5.41, 5.74) is 0.700. The number of carbonyl (C=O) groups is 2. The molecule has 1 N–H and O–H groups in total. The maximum atomic E-state index is 12.6. The first-order chi connectivity index (χ1) is 11.0. The lowest BCUT2D eigenvalue weighted by Crippen LogP contribution is -2.44. The van der Waals surface area contributed by atoms with Gasteiger partial charge in [0, 0.05) is 5.02 Å². The number of rotatable bonds is 6. The summed E-state index contributed by atoms with van der Waals surface area (Å²) in [6.45, 7) is 0. The van der Waals surface area contributed by atoms with Crippen LogP contribution in [-0.2, 0) is 9.59 Å². The molecule has 0 aliphatic carbocycles. The Balaban J connectivity index is 2.29. The van der Waals surface area contributed by atoms with Gasteiger partial charge in [-0.3, -0.25) is 9.69 Å². The third kappa shape index (κ3) is 4.29. The smallest absolute Gasteiger partial charge is 0.326 e. The Morgan fingerprint density at radius 2 is 2.22 bits per heavy atom. The molecule has 1 amide bonds. The molecule has 0 saturated carbocycles. The third-order valence-corrected chi connectivity index (χ3v) is 5.53. The first-order valence-electron chi connectivity index (χ1n) is 6.69. The molecular weight excluding hydrogens is 374 g/mol. The molecule has 8 heteroatoms. The zero-order valence-corrected chi connectivity index (χ0v) is 15.4. The number of benzene rings is 1. The topological polar surface area (TPSA) is 57.6 Å². The SMILES string of the molecule is CSCC[C@H](C(=O)O)N1C(=O)/C(=C/c2ccccc2Cl)SC1=S. The van der Waals surface area contributed by atoms with E-state index >= 15 is 0 Å². The van der Waals surface area contributed by atoms with E-state index in [2.05, 4.69) is 0 Å². The largest absolute Gasteiger partial charge is 0.480 e. The van der Waals surface area contributed by atoms with Crippen LogP contribution in [0.3, 0.4) is 0 Å². The van der Waals surface area contributed by atoms with Crippen LogP contribution in [0.15, 0.2) is 29.2 Å². The fraction of sp³-hybridized carbons (Fsp3) is 0.267. The van der Waals surface area contributed by atoms with E-state index in [1.54, 1.807) is 24.3 Å². The minimum atomic E-state index is -1.05. The number of hydrogen-bond donors (Lipinski definition) is 1. The number of thiocarbonyl (C=S) groups is 1. The van der Waals surface area contributed by atoms with Crippen LogP contribution in [-0.4, -0.2) is 44.3 Å². The molecule has 0 bridgehead atoms. The molecule has 0 radical (unpaired) electrons. The van der Waals surface area contributed by atoms with Gasteiger partial charge in [-0.25, -0.2) is 4.79 Å². The van der Waals surface area contributed by atoms with Crippen molar-refractivity contribution in [1.82, 2.24) is 4.90 Å². The van der Waals surface area contributed by atoms with E-state index in [4.69, 9.17) is 23.8 Å². The second kappa shape index (κ2) is 8.19. The van der Waals surface area contributed by atoms with Gasteiger partial charge >= 0.3 is 5.97 Å². The highest BCUT2D eigenvalue weighted by Crippen LogP contribution is 2.35. The fourth-order valence-electron chi connectivity index (χ4n) is 2.07. The lowest BCUT2D eigenvalue weighted by molar-refractivity contribution is -0.145. The summed E-state index contributed by atoms with van der Waals surface area (Å²) in [4.78, 5) is 25.6. The number of amides is 1. The van der Waals surface area contributed by atoms with E-state index < -0.39 is 12.0 Å². The van der Waals surface area contributed by atoms with Gasteiger partial charge in [0.05, 0.1) is 4.91 Å². The molecule has 4 nitrogen and oxygen atoms in total. The van der Waals surface area contributed by atoms with Gasteiger partial charge in [0.15, 0.2) is 0 Å². The van der Waals surface area contributed by atoms with Gasteiger partial charge in [-0.05, 0) is 36.1 Å². The fourth-order valence-corrected chi connectivity index (χ4v) is 4.07. The number of carboxylic acids is 1. The Bertz CT molecular complexity index is 678. The average molecular weight is 388 g/mol. The lowest BCUT2D eigenvalue weighted by Gasteiger charge is -2.22. The van der Waals surface area contributed by atoms with Crippen molar-refractivity contribution in [2.75, 3.05) is 12.0 Å². The number of nitrogens with zero attached hydrogens (tertiary/aromatic N) is 1. The molecule has 1 aromatic rings. The summed E-state index contributed by atoms with van der Waals surface area (Å²) in [5.74, 6) is -0.791. The van der Waals surface area contributed by atoms with Crippen molar-refractivity contribution in [2.24, 2.45) is 0 Å². The van der Waals surface area contributed by atoms with E-state index in [1.807, 2.05) is 12.3 Å². The van der Waals surface area contributed by atoms with Gasteiger partial charge < -0.3 is 5.11 Å². The zero-order valence-electron chi connectivity index (χ0n) is 12.2. The molecule has 122 valence electrons. The molecule has 1 fully saturated rings. The standard InChI is InChI=1S/C15H14ClNO3S3/c1-22-7-6-11(14(19)20)17-13(18)12(23-15(17)21)8-9-4-2-3-5-10(9)16/h2-5,8,11H,6-7H2,1H3,(H,19,20)/b12-8-/t11-/m1/s1. The Labute approximate surface area is 153 Å². The number of halogens is 1. The molecule has 0 aromatic heterocycles. The van der Waals surface area contributed by atoms with Crippen LogP contribution in [0.1, 0.15) is 12.0 Å². The monoisotopic (exact) mass is 387 g/mol. The van der Waals surface area contributed by atoms with Crippen molar-refractivity contribution in [3.05, 3.63) is 39.8 Å². The van der Waals surface area contributed by atoms with Gasteiger partial charge in [-0.1, -0.05) is 53.8 Å². The number of hydrogen-bond acceptors (Lipinski definition) is 5. The molecule has 1 aliphatic rings. The van der Waals surface area contributed by atoms with Gasteiger partial charge in [0.2, 0.25) is 0 Å². The van der Waals surface area contributed by atoms with Crippen molar-refractivity contribution in [3.8, 4) is 0 Å². The van der Waals surface area contributed by atoms with Crippen molar-refractivity contribution in [3.63, 3.8) is 0 Å². The lowest BCUT2D eigenvalue weighted by atomic mass is 10.1. The Kier molecular flexibility index (Phi) is 6.52. The molecule has 1 aliphatic heterocycles. The molecule has 1 atom stereocenters. The molecule has 0 spiro atoms. The van der Waals surface area contributed by atoms with E-state index in [0.29, 0.717) is 27.7 Å². The van der Waals surface area contributed by atoms with Crippen molar-refractivity contribution < 1.29 is 14.7 Å². The van der Waals surface area contributed by atoms with Crippen molar-refractivity contribution in [1.29, 1.82) is 0 Å². The van der Waals surface area contributed by atoms with Crippen molar-refractivity contribution >= 4 is 69.6 Å². The summed E-state index contributed by atoms with van der Waals surface area (Å²) in [5, 5.41) is 9.93. The van der Waals surface area contributed by atoms with Gasteiger partial charge in [-0.2, -0.15) is 11.8 Å². The summed E-state index contributed by atoms with van der Waals surface area (Å²) >= 11 is 13.9. The molecule has 2 rings (SSSR count). The Morgan fingerprint density at radius 3 is 2.83 bits per heavy atom. The van der Waals surface area contributed by atoms with Crippen LogP contribution in [0.25, 0.3) is 6.08 Å². The molecule has 1 heterocycles. The zero-order chi connectivity index (χ0) is 17.0.